The monoisotopic (exact) mass is 430 g/mol. The van der Waals surface area contributed by atoms with Gasteiger partial charge in [-0.3, -0.25) is 4.79 Å². The van der Waals surface area contributed by atoms with Crippen LogP contribution >= 0.6 is 11.8 Å². The van der Waals surface area contributed by atoms with E-state index in [2.05, 4.69) is 77.2 Å². The van der Waals surface area contributed by atoms with E-state index in [1.165, 1.54) is 12.7 Å². The molecule has 0 aliphatic rings. The van der Waals surface area contributed by atoms with Crippen LogP contribution in [0.4, 0.5) is 0 Å². The predicted molar refractivity (Wildman–Crippen MR) is 125 cm³/mol. The van der Waals surface area contributed by atoms with Crippen LogP contribution in [0.5, 0.6) is 0 Å². The lowest BCUT2D eigenvalue weighted by Gasteiger charge is -2.41. The molecule has 0 aliphatic carbocycles. The van der Waals surface area contributed by atoms with E-state index in [9.17, 15) is 4.79 Å². The molecule has 158 valence electrons. The van der Waals surface area contributed by atoms with Crippen LogP contribution in [0.25, 0.3) is 0 Å². The third kappa shape index (κ3) is 6.73. The summed E-state index contributed by atoms with van der Waals surface area (Å²) in [4.78, 5) is 13.4. The molecule has 0 aliphatic heterocycles. The number of esters is 1. The van der Waals surface area contributed by atoms with Crippen molar-refractivity contribution >= 4 is 26.0 Å². The van der Waals surface area contributed by atoms with Crippen molar-refractivity contribution in [3.63, 3.8) is 0 Å². The Bertz CT molecular complexity index is 782. The Morgan fingerprint density at radius 1 is 1.03 bits per heavy atom. The Kier molecular flexibility index (Phi) is 8.15. The van der Waals surface area contributed by atoms with Crippen molar-refractivity contribution in [3.05, 3.63) is 65.7 Å². The summed E-state index contributed by atoms with van der Waals surface area (Å²) in [5.74, 6) is -0.309. The first-order chi connectivity index (χ1) is 13.5. The fraction of sp³-hybridized carbons (Fsp3) is 0.458. The molecule has 2 unspecified atom stereocenters. The largest absolute Gasteiger partial charge is 0.469 e. The highest BCUT2D eigenvalue weighted by Gasteiger charge is 2.41. The first-order valence-electron chi connectivity index (χ1n) is 10.1. The number of carbonyl (C=O) groups excluding carboxylic acids is 1. The molecular weight excluding hydrogens is 396 g/mol. The molecule has 2 aromatic rings. The second-order valence-corrected chi connectivity index (χ2v) is 14.9. The summed E-state index contributed by atoms with van der Waals surface area (Å²) in [6.45, 7) is 13.3. The smallest absolute Gasteiger partial charge is 0.306 e. The Hall–Kier alpha value is -1.56. The highest BCUT2D eigenvalue weighted by atomic mass is 32.2. The van der Waals surface area contributed by atoms with Crippen LogP contribution in [0, 0.1) is 6.92 Å². The van der Waals surface area contributed by atoms with Gasteiger partial charge < -0.3 is 9.16 Å². The van der Waals surface area contributed by atoms with Crippen molar-refractivity contribution in [3.8, 4) is 0 Å². The molecule has 29 heavy (non-hydrogen) atoms. The van der Waals surface area contributed by atoms with E-state index < -0.39 is 8.32 Å². The molecule has 2 rings (SSSR count). The van der Waals surface area contributed by atoms with Gasteiger partial charge in [0.05, 0.1) is 13.5 Å². The molecule has 0 heterocycles. The molecule has 0 saturated carbocycles. The molecule has 0 aromatic heterocycles. The molecule has 0 saturated heterocycles. The number of ether oxygens (including phenoxy) is 1. The minimum absolute atomic E-state index is 0.0750. The van der Waals surface area contributed by atoms with Gasteiger partial charge in [-0.2, -0.15) is 0 Å². The lowest BCUT2D eigenvalue weighted by Crippen LogP contribution is -2.44. The summed E-state index contributed by atoms with van der Waals surface area (Å²) in [5.41, 5.74) is 2.15. The molecule has 0 amide bonds. The molecule has 3 nitrogen and oxygen atoms in total. The van der Waals surface area contributed by atoms with Gasteiger partial charge in [-0.15, -0.1) is 0 Å². The van der Waals surface area contributed by atoms with Crippen LogP contribution in [-0.4, -0.2) is 26.8 Å². The Morgan fingerprint density at radius 3 is 2.14 bits per heavy atom. The van der Waals surface area contributed by atoms with Crippen molar-refractivity contribution in [2.24, 2.45) is 0 Å². The zero-order valence-corrected chi connectivity index (χ0v) is 20.5. The third-order valence-electron chi connectivity index (χ3n) is 5.66. The third-order valence-corrected chi connectivity index (χ3v) is 11.5. The van der Waals surface area contributed by atoms with Crippen molar-refractivity contribution < 1.29 is 14.0 Å². The first kappa shape index (κ1) is 23.7. The van der Waals surface area contributed by atoms with Crippen LogP contribution < -0.4 is 0 Å². The molecule has 0 N–H and O–H groups in total. The standard InChI is InChI=1S/C24H34O3SSi/c1-18-13-15-20(16-14-18)28-23(27-29(6,7)24(2,3)4)21(17-22(25)26-5)19-11-9-8-10-12-19/h8-16,21,23H,17H2,1-7H3. The Balaban J connectivity index is 2.45. The topological polar surface area (TPSA) is 35.5 Å². The van der Waals surface area contributed by atoms with Gasteiger partial charge in [-0.25, -0.2) is 0 Å². The number of aryl methyl sites for hydroxylation is 1. The van der Waals surface area contributed by atoms with Crippen molar-refractivity contribution in [1.29, 1.82) is 0 Å². The molecule has 0 spiro atoms. The van der Waals surface area contributed by atoms with E-state index in [-0.39, 0.29) is 22.4 Å². The van der Waals surface area contributed by atoms with Gasteiger partial charge in [0.1, 0.15) is 5.44 Å². The van der Waals surface area contributed by atoms with Gasteiger partial charge in [0.25, 0.3) is 0 Å². The van der Waals surface area contributed by atoms with Gasteiger partial charge in [0.2, 0.25) is 0 Å². The first-order valence-corrected chi connectivity index (χ1v) is 13.8. The van der Waals surface area contributed by atoms with Crippen molar-refractivity contribution in [2.75, 3.05) is 7.11 Å². The van der Waals surface area contributed by atoms with Crippen LogP contribution in [0.1, 0.15) is 44.2 Å². The zero-order valence-electron chi connectivity index (χ0n) is 18.7. The maximum absolute atomic E-state index is 12.3. The Labute approximate surface area is 181 Å². The number of thioether (sulfide) groups is 1. The zero-order chi connectivity index (χ0) is 21.7. The van der Waals surface area contributed by atoms with Gasteiger partial charge in [-0.05, 0) is 42.8 Å². The van der Waals surface area contributed by atoms with E-state index in [4.69, 9.17) is 9.16 Å². The molecule has 0 bridgehead atoms. The normalized spacial score (nSPS) is 14.3. The van der Waals surface area contributed by atoms with Crippen LogP contribution in [0.2, 0.25) is 18.1 Å². The van der Waals surface area contributed by atoms with Crippen molar-refractivity contribution in [2.45, 2.75) is 68.5 Å². The fourth-order valence-electron chi connectivity index (χ4n) is 2.74. The average Bonchev–Trinajstić information content (AvgIpc) is 2.66. The molecular formula is C24H34O3SSi. The van der Waals surface area contributed by atoms with E-state index in [1.54, 1.807) is 11.8 Å². The lowest BCUT2D eigenvalue weighted by molar-refractivity contribution is -0.141. The maximum Gasteiger partial charge on any atom is 0.306 e. The molecule has 0 radical (unpaired) electrons. The minimum Gasteiger partial charge on any atom is -0.469 e. The highest BCUT2D eigenvalue weighted by Crippen LogP contribution is 2.44. The van der Waals surface area contributed by atoms with E-state index in [0.29, 0.717) is 6.42 Å². The second-order valence-electron chi connectivity index (χ2n) is 8.97. The van der Waals surface area contributed by atoms with Gasteiger partial charge in [0.15, 0.2) is 8.32 Å². The summed E-state index contributed by atoms with van der Waals surface area (Å²) in [6, 6.07) is 18.7. The van der Waals surface area contributed by atoms with Crippen LogP contribution in [0.15, 0.2) is 59.5 Å². The van der Waals surface area contributed by atoms with Crippen LogP contribution in [0.3, 0.4) is 0 Å². The predicted octanol–water partition coefficient (Wildman–Crippen LogP) is 6.78. The van der Waals surface area contributed by atoms with Crippen LogP contribution in [-0.2, 0) is 14.0 Å². The quantitative estimate of drug-likeness (QED) is 0.200. The van der Waals surface area contributed by atoms with Gasteiger partial charge in [-0.1, -0.05) is 80.6 Å². The lowest BCUT2D eigenvalue weighted by atomic mass is 9.96. The van der Waals surface area contributed by atoms with Gasteiger partial charge in [0, 0.05) is 10.8 Å². The fourth-order valence-corrected chi connectivity index (χ4v) is 5.73. The number of methoxy groups -OCH3 is 1. The van der Waals surface area contributed by atoms with Crippen molar-refractivity contribution in [1.82, 2.24) is 0 Å². The summed E-state index contributed by atoms with van der Waals surface area (Å²) in [6.07, 6.45) is 0.290. The number of carbonyl (C=O) groups is 1. The number of hydrogen-bond donors (Lipinski definition) is 0. The van der Waals surface area contributed by atoms with E-state index >= 15 is 0 Å². The summed E-state index contributed by atoms with van der Waals surface area (Å²) < 4.78 is 11.9. The second kappa shape index (κ2) is 9.96. The SMILES string of the molecule is COC(=O)CC(c1ccccc1)C(O[Si](C)(C)C(C)(C)C)Sc1ccc(C)cc1. The number of hydrogen-bond acceptors (Lipinski definition) is 4. The maximum atomic E-state index is 12.3. The van der Waals surface area contributed by atoms with Gasteiger partial charge >= 0.3 is 5.97 Å². The Morgan fingerprint density at radius 2 is 1.62 bits per heavy atom. The highest BCUT2D eigenvalue weighted by molar-refractivity contribution is 7.99. The minimum atomic E-state index is -2.06. The van der Waals surface area contributed by atoms with E-state index in [0.717, 1.165) is 10.5 Å². The molecule has 2 atom stereocenters. The average molecular weight is 431 g/mol. The number of benzene rings is 2. The summed E-state index contributed by atoms with van der Waals surface area (Å²) in [5, 5.41) is 0.0750. The van der Waals surface area contributed by atoms with E-state index in [1.807, 2.05) is 18.2 Å². The molecule has 5 heteroatoms. The summed E-state index contributed by atoms with van der Waals surface area (Å²) in [7, 11) is -0.617. The molecule has 2 aromatic carbocycles. The number of rotatable bonds is 8. The molecule has 0 fully saturated rings. The summed E-state index contributed by atoms with van der Waals surface area (Å²) >= 11 is 1.70.